The van der Waals surface area contributed by atoms with Crippen LogP contribution in [0.2, 0.25) is 0 Å². The first kappa shape index (κ1) is 16.4. The Bertz CT molecular complexity index is 277. The monoisotopic (exact) mass is 270 g/mol. The predicted octanol–water partition coefficient (Wildman–Crippen LogP) is 2.17. The zero-order valence-electron chi connectivity index (χ0n) is 12.9. The molecule has 0 spiro atoms. The van der Waals surface area contributed by atoms with Crippen LogP contribution in [0.4, 0.5) is 0 Å². The zero-order valence-corrected chi connectivity index (χ0v) is 12.9. The van der Waals surface area contributed by atoms with Gasteiger partial charge in [-0.05, 0) is 31.6 Å². The van der Waals surface area contributed by atoms with E-state index in [0.29, 0.717) is 18.5 Å². The van der Waals surface area contributed by atoms with E-state index in [1.54, 1.807) is 0 Å². The van der Waals surface area contributed by atoms with Crippen molar-refractivity contribution in [2.45, 2.75) is 71.6 Å². The minimum Gasteiger partial charge on any atom is -0.364 e. The number of carbonyl (C=O) groups excluding carboxylic acids is 1. The third kappa shape index (κ3) is 4.46. The van der Waals surface area contributed by atoms with E-state index in [1.807, 2.05) is 4.90 Å². The molecule has 4 nitrogen and oxygen atoms in total. The molecule has 2 N–H and O–H groups in total. The van der Waals surface area contributed by atoms with Crippen molar-refractivity contribution in [3.05, 3.63) is 0 Å². The summed E-state index contributed by atoms with van der Waals surface area (Å²) in [6.07, 6.45) is 3.52. The van der Waals surface area contributed by atoms with Gasteiger partial charge in [-0.1, -0.05) is 27.7 Å². The Morgan fingerprint density at radius 3 is 2.37 bits per heavy atom. The van der Waals surface area contributed by atoms with Gasteiger partial charge < -0.3 is 15.4 Å². The fourth-order valence-corrected chi connectivity index (χ4v) is 2.79. The van der Waals surface area contributed by atoms with Gasteiger partial charge in [0.1, 0.15) is 6.10 Å². The number of hydrogen-bond acceptors (Lipinski definition) is 3. The van der Waals surface area contributed by atoms with Gasteiger partial charge in [0.05, 0.1) is 6.10 Å². The van der Waals surface area contributed by atoms with Gasteiger partial charge in [0, 0.05) is 19.1 Å². The summed E-state index contributed by atoms with van der Waals surface area (Å²) in [5.74, 6) is 0.648. The molecule has 4 heteroatoms. The molecular weight excluding hydrogens is 240 g/mol. The van der Waals surface area contributed by atoms with Crippen LogP contribution in [0.25, 0.3) is 0 Å². The number of rotatable bonds is 7. The highest BCUT2D eigenvalue weighted by atomic mass is 16.5. The molecule has 2 unspecified atom stereocenters. The quantitative estimate of drug-likeness (QED) is 0.771. The molecule has 1 fully saturated rings. The summed E-state index contributed by atoms with van der Waals surface area (Å²) in [5.41, 5.74) is 5.62. The summed E-state index contributed by atoms with van der Waals surface area (Å²) in [6.45, 7) is 9.93. The van der Waals surface area contributed by atoms with E-state index in [0.717, 1.165) is 32.2 Å². The summed E-state index contributed by atoms with van der Waals surface area (Å²) in [5, 5.41) is 0. The molecule has 112 valence electrons. The largest absolute Gasteiger partial charge is 0.364 e. The van der Waals surface area contributed by atoms with Crippen LogP contribution in [0.3, 0.4) is 0 Å². The highest BCUT2D eigenvalue weighted by Gasteiger charge is 2.34. The lowest BCUT2D eigenvalue weighted by atomic mass is 10.1. The lowest BCUT2D eigenvalue weighted by Gasteiger charge is -2.34. The number of carbonyl (C=O) groups is 1. The molecule has 0 saturated carbocycles. The standard InChI is InChI=1S/C15H30N2O2/c1-5-12(6-2)17(10-11(3)4)15(18)14-8-7-13(9-16)19-14/h11-14H,5-10,16H2,1-4H3. The van der Waals surface area contributed by atoms with Crippen LogP contribution in [-0.4, -0.2) is 42.1 Å². The first-order valence-electron chi connectivity index (χ1n) is 7.69. The fraction of sp³-hybridized carbons (Fsp3) is 0.933. The van der Waals surface area contributed by atoms with Gasteiger partial charge in [0.2, 0.25) is 0 Å². The van der Waals surface area contributed by atoms with Gasteiger partial charge in [0.25, 0.3) is 5.91 Å². The van der Waals surface area contributed by atoms with Crippen molar-refractivity contribution in [3.8, 4) is 0 Å². The summed E-state index contributed by atoms with van der Waals surface area (Å²) in [6, 6.07) is 0.329. The van der Waals surface area contributed by atoms with Crippen LogP contribution in [0, 0.1) is 5.92 Å². The molecule has 1 saturated heterocycles. The molecule has 0 aromatic heterocycles. The number of amides is 1. The number of hydrogen-bond donors (Lipinski definition) is 1. The highest BCUT2D eigenvalue weighted by Crippen LogP contribution is 2.23. The third-order valence-corrected chi connectivity index (χ3v) is 3.87. The Hall–Kier alpha value is -0.610. The maximum atomic E-state index is 12.7. The minimum atomic E-state index is -0.270. The first-order valence-corrected chi connectivity index (χ1v) is 7.69. The van der Waals surface area contributed by atoms with Crippen molar-refractivity contribution in [3.63, 3.8) is 0 Å². The molecule has 1 aliphatic heterocycles. The van der Waals surface area contributed by atoms with Gasteiger partial charge >= 0.3 is 0 Å². The maximum absolute atomic E-state index is 12.7. The second kappa shape index (κ2) is 7.85. The van der Waals surface area contributed by atoms with Gasteiger partial charge in [-0.2, -0.15) is 0 Å². The second-order valence-electron chi connectivity index (χ2n) is 5.91. The van der Waals surface area contributed by atoms with Crippen molar-refractivity contribution in [2.24, 2.45) is 11.7 Å². The molecular formula is C15H30N2O2. The zero-order chi connectivity index (χ0) is 14.4. The Morgan fingerprint density at radius 2 is 1.95 bits per heavy atom. The van der Waals surface area contributed by atoms with Crippen molar-refractivity contribution in [2.75, 3.05) is 13.1 Å². The lowest BCUT2D eigenvalue weighted by Crippen LogP contribution is -2.47. The molecule has 1 amide bonds. The summed E-state index contributed by atoms with van der Waals surface area (Å²) < 4.78 is 5.76. The lowest BCUT2D eigenvalue weighted by molar-refractivity contribution is -0.146. The Labute approximate surface area is 117 Å². The van der Waals surface area contributed by atoms with Crippen LogP contribution in [-0.2, 0) is 9.53 Å². The SMILES string of the molecule is CCC(CC)N(CC(C)C)C(=O)C1CCC(CN)O1. The van der Waals surface area contributed by atoms with Crippen LogP contribution in [0.1, 0.15) is 53.4 Å². The maximum Gasteiger partial charge on any atom is 0.251 e. The molecule has 1 rings (SSSR count). The predicted molar refractivity (Wildman–Crippen MR) is 77.9 cm³/mol. The van der Waals surface area contributed by atoms with E-state index in [2.05, 4.69) is 27.7 Å². The third-order valence-electron chi connectivity index (χ3n) is 3.87. The molecule has 2 atom stereocenters. The Balaban J connectivity index is 2.71. The summed E-state index contributed by atoms with van der Waals surface area (Å²) in [7, 11) is 0. The van der Waals surface area contributed by atoms with Crippen LogP contribution >= 0.6 is 0 Å². The molecule has 0 aromatic rings. The van der Waals surface area contributed by atoms with E-state index in [1.165, 1.54) is 0 Å². The molecule has 0 bridgehead atoms. The first-order chi connectivity index (χ1) is 9.03. The van der Waals surface area contributed by atoms with Crippen LogP contribution < -0.4 is 5.73 Å². The van der Waals surface area contributed by atoms with Gasteiger partial charge in [-0.3, -0.25) is 4.79 Å². The second-order valence-corrected chi connectivity index (χ2v) is 5.91. The van der Waals surface area contributed by atoms with Crippen molar-refractivity contribution >= 4 is 5.91 Å². The van der Waals surface area contributed by atoms with Crippen molar-refractivity contribution in [1.29, 1.82) is 0 Å². The number of nitrogens with two attached hydrogens (primary N) is 1. The van der Waals surface area contributed by atoms with E-state index in [4.69, 9.17) is 10.5 Å². The van der Waals surface area contributed by atoms with Crippen molar-refractivity contribution < 1.29 is 9.53 Å². The average Bonchev–Trinajstić information content (AvgIpc) is 2.86. The van der Waals surface area contributed by atoms with Gasteiger partial charge in [0.15, 0.2) is 0 Å². The fourth-order valence-electron chi connectivity index (χ4n) is 2.79. The Morgan fingerprint density at radius 1 is 1.32 bits per heavy atom. The van der Waals surface area contributed by atoms with E-state index in [9.17, 15) is 4.79 Å². The molecule has 0 aliphatic carbocycles. The topological polar surface area (TPSA) is 55.6 Å². The molecule has 19 heavy (non-hydrogen) atoms. The normalized spacial score (nSPS) is 23.3. The van der Waals surface area contributed by atoms with E-state index in [-0.39, 0.29) is 18.1 Å². The summed E-state index contributed by atoms with van der Waals surface area (Å²) >= 11 is 0. The van der Waals surface area contributed by atoms with Gasteiger partial charge in [-0.15, -0.1) is 0 Å². The van der Waals surface area contributed by atoms with Crippen LogP contribution in [0.5, 0.6) is 0 Å². The molecule has 1 heterocycles. The van der Waals surface area contributed by atoms with Crippen molar-refractivity contribution in [1.82, 2.24) is 4.90 Å². The highest BCUT2D eigenvalue weighted by molar-refractivity contribution is 5.81. The number of nitrogens with zero attached hydrogens (tertiary/aromatic N) is 1. The smallest absolute Gasteiger partial charge is 0.251 e. The Kier molecular flexibility index (Phi) is 6.80. The summed E-state index contributed by atoms with van der Waals surface area (Å²) in [4.78, 5) is 14.7. The van der Waals surface area contributed by atoms with E-state index >= 15 is 0 Å². The molecule has 1 aliphatic rings. The average molecular weight is 270 g/mol. The minimum absolute atomic E-state index is 0.0663. The van der Waals surface area contributed by atoms with Gasteiger partial charge in [-0.25, -0.2) is 0 Å². The van der Waals surface area contributed by atoms with E-state index < -0.39 is 0 Å². The van der Waals surface area contributed by atoms with Crippen LogP contribution in [0.15, 0.2) is 0 Å². The number of ether oxygens (including phenoxy) is 1. The molecule has 0 radical (unpaired) electrons. The molecule has 0 aromatic carbocycles.